The van der Waals surface area contributed by atoms with Gasteiger partial charge in [-0.1, -0.05) is 30.3 Å². The van der Waals surface area contributed by atoms with Crippen molar-refractivity contribution in [3.05, 3.63) is 70.9 Å². The normalized spacial score (nSPS) is 21.3. The molecule has 0 radical (unpaired) electrons. The third-order valence-corrected chi connectivity index (χ3v) is 6.10. The van der Waals surface area contributed by atoms with E-state index in [1.165, 1.54) is 59.1 Å². The van der Waals surface area contributed by atoms with Gasteiger partial charge in [0, 0.05) is 37.3 Å². The number of rotatable bonds is 3. The molecule has 0 amide bonds. The zero-order valence-electron chi connectivity index (χ0n) is 15.5. The van der Waals surface area contributed by atoms with Gasteiger partial charge < -0.3 is 9.88 Å². The van der Waals surface area contributed by atoms with Crippen molar-refractivity contribution < 1.29 is 0 Å². The van der Waals surface area contributed by atoms with Gasteiger partial charge in [-0.3, -0.25) is 4.90 Å². The molecule has 3 heterocycles. The maximum absolute atomic E-state index is 3.36. The molecule has 1 N–H and O–H groups in total. The Morgan fingerprint density at radius 1 is 1.04 bits per heavy atom. The molecule has 134 valence electrons. The first kappa shape index (κ1) is 16.1. The Kier molecular flexibility index (Phi) is 4.07. The number of benzene rings is 2. The molecule has 1 aromatic heterocycles. The van der Waals surface area contributed by atoms with E-state index in [0.29, 0.717) is 5.92 Å². The molecule has 2 aliphatic heterocycles. The summed E-state index contributed by atoms with van der Waals surface area (Å²) in [6, 6.07) is 16.3. The third-order valence-electron chi connectivity index (χ3n) is 6.10. The van der Waals surface area contributed by atoms with Gasteiger partial charge in [0.25, 0.3) is 0 Å². The number of nitrogens with zero attached hydrogens (tertiary/aromatic N) is 2. The molecule has 0 saturated carbocycles. The molecule has 0 aliphatic carbocycles. The first-order valence-corrected chi connectivity index (χ1v) is 9.86. The molecule has 3 heteroatoms. The van der Waals surface area contributed by atoms with E-state index in [1.54, 1.807) is 0 Å². The molecule has 5 rings (SSSR count). The Morgan fingerprint density at radius 2 is 1.92 bits per heavy atom. The van der Waals surface area contributed by atoms with Crippen LogP contribution in [0, 0.1) is 0 Å². The van der Waals surface area contributed by atoms with Crippen molar-refractivity contribution in [2.45, 2.75) is 31.8 Å². The Balaban J connectivity index is 1.48. The predicted molar refractivity (Wildman–Crippen MR) is 107 cm³/mol. The number of aromatic nitrogens is 1. The van der Waals surface area contributed by atoms with Crippen LogP contribution in [-0.2, 0) is 13.1 Å². The van der Waals surface area contributed by atoms with Crippen molar-refractivity contribution in [3.8, 4) is 0 Å². The Bertz CT molecular complexity index is 920. The summed E-state index contributed by atoms with van der Waals surface area (Å²) in [5.41, 5.74) is 7.15. The average molecular weight is 345 g/mol. The van der Waals surface area contributed by atoms with Crippen LogP contribution in [0.15, 0.2) is 48.7 Å². The highest BCUT2D eigenvalue weighted by atomic mass is 15.1. The molecule has 3 aromatic rings. The number of hydrogen-bond acceptors (Lipinski definition) is 2. The zero-order chi connectivity index (χ0) is 17.5. The molecule has 1 saturated heterocycles. The molecule has 2 aromatic carbocycles. The molecular weight excluding hydrogens is 318 g/mol. The van der Waals surface area contributed by atoms with Crippen molar-refractivity contribution in [2.75, 3.05) is 26.7 Å². The number of aromatic amines is 1. The number of H-pyrrole nitrogens is 1. The van der Waals surface area contributed by atoms with Crippen molar-refractivity contribution in [1.82, 2.24) is 14.8 Å². The monoisotopic (exact) mass is 345 g/mol. The largest absolute Gasteiger partial charge is 0.361 e. The van der Waals surface area contributed by atoms with Crippen molar-refractivity contribution >= 4 is 10.9 Å². The second kappa shape index (κ2) is 6.57. The van der Waals surface area contributed by atoms with E-state index in [4.69, 9.17) is 0 Å². The minimum atomic E-state index is 0.456. The molecule has 0 bridgehead atoms. The Labute approximate surface area is 155 Å². The molecule has 2 aliphatic rings. The molecule has 1 unspecified atom stereocenters. The highest BCUT2D eigenvalue weighted by Crippen LogP contribution is 2.35. The van der Waals surface area contributed by atoms with Gasteiger partial charge in [-0.25, -0.2) is 0 Å². The highest BCUT2D eigenvalue weighted by molar-refractivity contribution is 5.80. The summed E-state index contributed by atoms with van der Waals surface area (Å²) in [5, 5.41) is 1.29. The van der Waals surface area contributed by atoms with Crippen LogP contribution in [0.25, 0.3) is 10.9 Å². The smallest absolute Gasteiger partial charge is 0.0456 e. The number of fused-ring (bicyclic) bond motifs is 2. The number of nitrogens with one attached hydrogen (secondary N) is 1. The molecule has 26 heavy (non-hydrogen) atoms. The first-order valence-electron chi connectivity index (χ1n) is 9.86. The lowest BCUT2D eigenvalue weighted by molar-refractivity contribution is 0.294. The summed E-state index contributed by atoms with van der Waals surface area (Å²) in [7, 11) is 2.25. The number of likely N-dealkylation sites (N-methyl/N-ethyl adjacent to an activating group) is 1. The Morgan fingerprint density at radius 3 is 2.81 bits per heavy atom. The summed E-state index contributed by atoms with van der Waals surface area (Å²) in [6.07, 6.45) is 4.74. The molecule has 1 atom stereocenters. The van der Waals surface area contributed by atoms with Crippen molar-refractivity contribution in [2.24, 2.45) is 0 Å². The summed E-state index contributed by atoms with van der Waals surface area (Å²) in [5.74, 6) is 0.456. The average Bonchev–Trinajstić information content (AvgIpc) is 3.31. The maximum atomic E-state index is 3.36. The van der Waals surface area contributed by atoms with Gasteiger partial charge in [-0.05, 0) is 72.8 Å². The fraction of sp³-hybridized carbons (Fsp3) is 0.391. The van der Waals surface area contributed by atoms with Gasteiger partial charge in [-0.15, -0.1) is 0 Å². The third kappa shape index (κ3) is 2.95. The van der Waals surface area contributed by atoms with Crippen LogP contribution in [0.5, 0.6) is 0 Å². The predicted octanol–water partition coefficient (Wildman–Crippen LogP) is 4.34. The first-order chi connectivity index (χ1) is 12.8. The maximum Gasteiger partial charge on any atom is 0.0456 e. The van der Waals surface area contributed by atoms with E-state index in [9.17, 15) is 0 Å². The van der Waals surface area contributed by atoms with Crippen molar-refractivity contribution in [3.63, 3.8) is 0 Å². The second-order valence-corrected chi connectivity index (χ2v) is 8.09. The van der Waals surface area contributed by atoms with Gasteiger partial charge in [0.15, 0.2) is 0 Å². The van der Waals surface area contributed by atoms with Crippen LogP contribution >= 0.6 is 0 Å². The number of hydrogen-bond donors (Lipinski definition) is 1. The second-order valence-electron chi connectivity index (χ2n) is 8.09. The SMILES string of the molecule is CN1Cc2cc(CN3CCCC3)ccc2C(c2ccc3cc[nH]c3c2)C1. The molecule has 3 nitrogen and oxygen atoms in total. The van der Waals surface area contributed by atoms with Gasteiger partial charge in [-0.2, -0.15) is 0 Å². The lowest BCUT2D eigenvalue weighted by Gasteiger charge is -2.33. The van der Waals surface area contributed by atoms with Crippen LogP contribution < -0.4 is 0 Å². The molecule has 1 fully saturated rings. The summed E-state index contributed by atoms with van der Waals surface area (Å²) >= 11 is 0. The minimum Gasteiger partial charge on any atom is -0.361 e. The van der Waals surface area contributed by atoms with E-state index >= 15 is 0 Å². The van der Waals surface area contributed by atoms with Gasteiger partial charge in [0.05, 0.1) is 0 Å². The van der Waals surface area contributed by atoms with E-state index in [-0.39, 0.29) is 0 Å². The zero-order valence-corrected chi connectivity index (χ0v) is 15.5. The molecule has 0 spiro atoms. The van der Waals surface area contributed by atoms with E-state index in [1.807, 2.05) is 6.20 Å². The summed E-state index contributed by atoms with van der Waals surface area (Å²) < 4.78 is 0. The summed E-state index contributed by atoms with van der Waals surface area (Å²) in [6.45, 7) is 5.77. The van der Waals surface area contributed by atoms with Crippen LogP contribution in [0.4, 0.5) is 0 Å². The van der Waals surface area contributed by atoms with E-state index < -0.39 is 0 Å². The van der Waals surface area contributed by atoms with Gasteiger partial charge in [0.1, 0.15) is 0 Å². The van der Waals surface area contributed by atoms with Crippen molar-refractivity contribution in [1.29, 1.82) is 0 Å². The van der Waals surface area contributed by atoms with Crippen LogP contribution in [0.2, 0.25) is 0 Å². The summed E-state index contributed by atoms with van der Waals surface area (Å²) in [4.78, 5) is 8.42. The standard InChI is InChI=1S/C23H27N3/c1-25-15-20-12-17(14-26-10-2-3-11-26)4-7-21(20)22(16-25)19-6-5-18-8-9-24-23(18)13-19/h4-9,12-13,22,24H,2-3,10-11,14-16H2,1H3. The van der Waals surface area contributed by atoms with Crippen LogP contribution in [0.3, 0.4) is 0 Å². The lowest BCUT2D eigenvalue weighted by Crippen LogP contribution is -2.31. The lowest BCUT2D eigenvalue weighted by atomic mass is 9.84. The van der Waals surface area contributed by atoms with E-state index in [0.717, 1.165) is 19.6 Å². The fourth-order valence-corrected chi connectivity index (χ4v) is 4.77. The topological polar surface area (TPSA) is 22.3 Å². The number of likely N-dealkylation sites (tertiary alicyclic amines) is 1. The quantitative estimate of drug-likeness (QED) is 0.763. The van der Waals surface area contributed by atoms with Gasteiger partial charge >= 0.3 is 0 Å². The fourth-order valence-electron chi connectivity index (χ4n) is 4.77. The Hall–Kier alpha value is -2.10. The van der Waals surface area contributed by atoms with Crippen LogP contribution in [0.1, 0.15) is 41.0 Å². The van der Waals surface area contributed by atoms with E-state index in [2.05, 4.69) is 64.3 Å². The molecular formula is C23H27N3. The minimum absolute atomic E-state index is 0.456. The van der Waals surface area contributed by atoms with Crippen LogP contribution in [-0.4, -0.2) is 41.5 Å². The highest BCUT2D eigenvalue weighted by Gasteiger charge is 2.25. The van der Waals surface area contributed by atoms with Gasteiger partial charge in [0.2, 0.25) is 0 Å².